The number of carbonyl (C=O) groups is 2. The Labute approximate surface area is 151 Å². The van der Waals surface area contributed by atoms with Crippen LogP contribution >= 0.6 is 12.2 Å². The minimum Gasteiger partial charge on any atom is -0.466 e. The molecule has 5 nitrogen and oxygen atoms in total. The number of para-hydroxylation sites is 1. The molecule has 1 fully saturated rings. The maximum atomic E-state index is 13.0. The van der Waals surface area contributed by atoms with Crippen molar-refractivity contribution in [1.29, 1.82) is 0 Å². The molecule has 128 valence electrons. The lowest BCUT2D eigenvalue weighted by atomic mass is 10.0. The van der Waals surface area contributed by atoms with E-state index >= 15 is 0 Å². The van der Waals surface area contributed by atoms with Gasteiger partial charge >= 0.3 is 0 Å². The Hall–Kier alpha value is -2.73. The summed E-state index contributed by atoms with van der Waals surface area (Å²) in [6, 6.07) is 9.31. The number of aryl methyl sites for hydroxylation is 3. The van der Waals surface area contributed by atoms with Crippen LogP contribution in [0.5, 0.6) is 0 Å². The van der Waals surface area contributed by atoms with Crippen LogP contribution in [0.25, 0.3) is 6.08 Å². The molecule has 1 aromatic carbocycles. The Balaban J connectivity index is 2.07. The number of hydrogen-bond acceptors (Lipinski definition) is 4. The fraction of sp³-hybridized carbons (Fsp3) is 0.211. The topological polar surface area (TPSA) is 62.6 Å². The fourth-order valence-corrected chi connectivity index (χ4v) is 3.13. The Morgan fingerprint density at radius 1 is 1.24 bits per heavy atom. The molecule has 0 unspecified atom stereocenters. The van der Waals surface area contributed by atoms with Gasteiger partial charge in [-0.2, -0.15) is 0 Å². The van der Waals surface area contributed by atoms with Crippen LogP contribution in [0.2, 0.25) is 0 Å². The molecule has 1 N–H and O–H groups in total. The lowest BCUT2D eigenvalue weighted by Gasteiger charge is -2.30. The third-order valence-corrected chi connectivity index (χ3v) is 4.38. The van der Waals surface area contributed by atoms with E-state index in [1.165, 1.54) is 4.90 Å². The van der Waals surface area contributed by atoms with Gasteiger partial charge in [-0.05, 0) is 56.3 Å². The Morgan fingerprint density at radius 2 is 1.96 bits per heavy atom. The summed E-state index contributed by atoms with van der Waals surface area (Å²) >= 11 is 5.25. The minimum atomic E-state index is -0.501. The first kappa shape index (κ1) is 17.1. The van der Waals surface area contributed by atoms with Crippen LogP contribution in [0.4, 0.5) is 5.69 Å². The molecule has 25 heavy (non-hydrogen) atoms. The fourth-order valence-electron chi connectivity index (χ4n) is 2.85. The number of nitrogens with one attached hydrogen (secondary N) is 1. The van der Waals surface area contributed by atoms with Gasteiger partial charge in [-0.1, -0.05) is 25.1 Å². The van der Waals surface area contributed by atoms with Crippen LogP contribution in [0, 0.1) is 13.8 Å². The van der Waals surface area contributed by atoms with Crippen molar-refractivity contribution < 1.29 is 14.0 Å². The average molecular weight is 354 g/mol. The molecular weight excluding hydrogens is 336 g/mol. The van der Waals surface area contributed by atoms with Crippen LogP contribution in [0.1, 0.15) is 29.6 Å². The highest BCUT2D eigenvalue weighted by molar-refractivity contribution is 7.80. The molecule has 2 heterocycles. The van der Waals surface area contributed by atoms with E-state index < -0.39 is 11.8 Å². The molecule has 0 aliphatic carbocycles. The summed E-state index contributed by atoms with van der Waals surface area (Å²) in [7, 11) is 0. The van der Waals surface area contributed by atoms with E-state index in [2.05, 4.69) is 5.32 Å². The maximum Gasteiger partial charge on any atom is 0.270 e. The van der Waals surface area contributed by atoms with Gasteiger partial charge in [0.2, 0.25) is 0 Å². The monoisotopic (exact) mass is 354 g/mol. The number of hydrogen-bond donors (Lipinski definition) is 1. The van der Waals surface area contributed by atoms with Crippen molar-refractivity contribution >= 4 is 40.9 Å². The van der Waals surface area contributed by atoms with Crippen LogP contribution in [0.3, 0.4) is 0 Å². The standard InChI is InChI=1S/C19H18N2O3S/c1-4-13-7-5-6-8-16(13)21-18(23)15(17(22)20-19(21)25)10-14-9-11(2)24-12(14)3/h5-10H,4H2,1-3H3,(H,20,22,25)/b15-10+. The summed E-state index contributed by atoms with van der Waals surface area (Å²) in [6.07, 6.45) is 2.29. The van der Waals surface area contributed by atoms with Crippen molar-refractivity contribution in [3.63, 3.8) is 0 Å². The maximum absolute atomic E-state index is 13.0. The molecule has 1 aliphatic rings. The van der Waals surface area contributed by atoms with Gasteiger partial charge in [-0.15, -0.1) is 0 Å². The second-order valence-corrected chi connectivity index (χ2v) is 6.20. The van der Waals surface area contributed by atoms with Gasteiger partial charge in [0.25, 0.3) is 11.8 Å². The molecule has 2 amide bonds. The highest BCUT2D eigenvalue weighted by atomic mass is 32.1. The lowest BCUT2D eigenvalue weighted by Crippen LogP contribution is -2.54. The highest BCUT2D eigenvalue weighted by Crippen LogP contribution is 2.26. The van der Waals surface area contributed by atoms with E-state index in [1.54, 1.807) is 19.1 Å². The molecule has 0 saturated carbocycles. The van der Waals surface area contributed by atoms with Gasteiger partial charge in [0, 0.05) is 5.56 Å². The third kappa shape index (κ3) is 3.13. The van der Waals surface area contributed by atoms with E-state index in [4.69, 9.17) is 16.6 Å². The molecule has 3 rings (SSSR count). The van der Waals surface area contributed by atoms with Gasteiger partial charge in [0.05, 0.1) is 5.69 Å². The molecule has 0 spiro atoms. The number of anilines is 1. The SMILES string of the molecule is CCc1ccccc1N1C(=O)/C(=C/c2cc(C)oc2C)C(=O)NC1=S. The number of benzene rings is 1. The normalized spacial score (nSPS) is 16.5. The Bertz CT molecular complexity index is 911. The van der Waals surface area contributed by atoms with Crippen molar-refractivity contribution in [2.24, 2.45) is 0 Å². The zero-order valence-electron chi connectivity index (χ0n) is 14.3. The summed E-state index contributed by atoms with van der Waals surface area (Å²) < 4.78 is 5.47. The predicted molar refractivity (Wildman–Crippen MR) is 100 cm³/mol. The largest absolute Gasteiger partial charge is 0.466 e. The number of furan rings is 1. The van der Waals surface area contributed by atoms with Crippen LogP contribution in [-0.4, -0.2) is 16.9 Å². The van der Waals surface area contributed by atoms with E-state index in [0.29, 0.717) is 17.0 Å². The van der Waals surface area contributed by atoms with Crippen molar-refractivity contribution in [2.75, 3.05) is 4.90 Å². The van der Waals surface area contributed by atoms with Crippen LogP contribution in [0.15, 0.2) is 40.3 Å². The second-order valence-electron chi connectivity index (χ2n) is 5.81. The first-order chi connectivity index (χ1) is 11.9. The van der Waals surface area contributed by atoms with E-state index in [-0.39, 0.29) is 10.7 Å². The van der Waals surface area contributed by atoms with Crippen molar-refractivity contribution in [3.05, 3.63) is 58.6 Å². The van der Waals surface area contributed by atoms with Crippen molar-refractivity contribution in [3.8, 4) is 0 Å². The summed E-state index contributed by atoms with van der Waals surface area (Å²) in [5.41, 5.74) is 2.39. The number of rotatable bonds is 3. The molecule has 2 aromatic rings. The van der Waals surface area contributed by atoms with Gasteiger partial charge in [-0.3, -0.25) is 19.8 Å². The predicted octanol–water partition coefficient (Wildman–Crippen LogP) is 3.29. The molecule has 1 saturated heterocycles. The number of carbonyl (C=O) groups excluding carboxylic acids is 2. The third-order valence-electron chi connectivity index (χ3n) is 4.09. The van der Waals surface area contributed by atoms with Gasteiger partial charge in [0.1, 0.15) is 17.1 Å². The molecule has 0 radical (unpaired) electrons. The first-order valence-electron chi connectivity index (χ1n) is 7.98. The second kappa shape index (κ2) is 6.64. The molecular formula is C19H18N2O3S. The van der Waals surface area contributed by atoms with Gasteiger partial charge in [-0.25, -0.2) is 0 Å². The number of thiocarbonyl (C=S) groups is 1. The van der Waals surface area contributed by atoms with E-state index in [1.807, 2.05) is 38.1 Å². The van der Waals surface area contributed by atoms with Gasteiger partial charge in [0.15, 0.2) is 5.11 Å². The molecule has 0 atom stereocenters. The summed E-state index contributed by atoms with van der Waals surface area (Å²) in [6.45, 7) is 5.61. The van der Waals surface area contributed by atoms with Crippen molar-refractivity contribution in [1.82, 2.24) is 5.32 Å². The smallest absolute Gasteiger partial charge is 0.270 e. The quantitative estimate of drug-likeness (QED) is 0.522. The molecule has 1 aromatic heterocycles. The van der Waals surface area contributed by atoms with Crippen LogP contribution in [-0.2, 0) is 16.0 Å². The summed E-state index contributed by atoms with van der Waals surface area (Å²) in [5, 5.41) is 2.70. The Kier molecular flexibility index (Phi) is 4.55. The molecule has 6 heteroatoms. The van der Waals surface area contributed by atoms with E-state index in [0.717, 1.165) is 17.7 Å². The average Bonchev–Trinajstić information content (AvgIpc) is 2.89. The Morgan fingerprint density at radius 3 is 2.60 bits per heavy atom. The van der Waals surface area contributed by atoms with Crippen molar-refractivity contribution in [2.45, 2.75) is 27.2 Å². The molecule has 0 bridgehead atoms. The number of nitrogens with zero attached hydrogens (tertiary/aromatic N) is 1. The summed E-state index contributed by atoms with van der Waals surface area (Å²) in [4.78, 5) is 26.7. The highest BCUT2D eigenvalue weighted by Gasteiger charge is 2.35. The van der Waals surface area contributed by atoms with Gasteiger partial charge < -0.3 is 4.42 Å². The zero-order valence-corrected chi connectivity index (χ0v) is 15.1. The summed E-state index contributed by atoms with van der Waals surface area (Å²) in [5.74, 6) is 0.433. The lowest BCUT2D eigenvalue weighted by molar-refractivity contribution is -0.122. The van der Waals surface area contributed by atoms with Crippen LogP contribution < -0.4 is 10.2 Å². The minimum absolute atomic E-state index is 0.0309. The zero-order chi connectivity index (χ0) is 18.1. The van der Waals surface area contributed by atoms with E-state index in [9.17, 15) is 9.59 Å². The first-order valence-corrected chi connectivity index (χ1v) is 8.39. The molecule has 1 aliphatic heterocycles. The number of amides is 2.